The fourth-order valence-electron chi connectivity index (χ4n) is 4.80. The summed E-state index contributed by atoms with van der Waals surface area (Å²) in [5.74, 6) is 8.91. The second kappa shape index (κ2) is 7.61. The van der Waals surface area contributed by atoms with Gasteiger partial charge >= 0.3 is 5.69 Å². The number of fused-ring (bicyclic) bond motifs is 3. The van der Waals surface area contributed by atoms with Crippen LogP contribution in [-0.4, -0.2) is 80.2 Å². The van der Waals surface area contributed by atoms with Gasteiger partial charge in [0.2, 0.25) is 5.78 Å². The Balaban J connectivity index is 1.26. The Labute approximate surface area is 185 Å². The van der Waals surface area contributed by atoms with Gasteiger partial charge in [-0.25, -0.2) is 19.8 Å². The summed E-state index contributed by atoms with van der Waals surface area (Å²) >= 11 is 0. The molecule has 1 saturated heterocycles. The molecule has 170 valence electrons. The minimum atomic E-state index is -0.101. The second-order valence-electron chi connectivity index (χ2n) is 9.03. The van der Waals surface area contributed by atoms with Crippen molar-refractivity contribution in [2.45, 2.75) is 19.4 Å². The third-order valence-corrected chi connectivity index (χ3v) is 6.82. The molecule has 0 radical (unpaired) electrons. The molecule has 1 aliphatic carbocycles. The zero-order valence-corrected chi connectivity index (χ0v) is 18.4. The molecule has 0 atom stereocenters. The summed E-state index contributed by atoms with van der Waals surface area (Å²) in [6.07, 6.45) is 4.40. The zero-order chi connectivity index (χ0) is 21.8. The Bertz CT molecular complexity index is 1210. The summed E-state index contributed by atoms with van der Waals surface area (Å²) in [6.45, 7) is 7.24. The molecule has 5 heterocycles. The number of piperazine rings is 1. The lowest BCUT2D eigenvalue weighted by molar-refractivity contribution is 0.125. The molecule has 0 spiro atoms. The predicted octanol–water partition coefficient (Wildman–Crippen LogP) is -0.0563. The average molecular weight is 440 g/mol. The molecule has 2 aliphatic heterocycles. The van der Waals surface area contributed by atoms with Gasteiger partial charge in [-0.3, -0.25) is 19.5 Å². The molecule has 2 N–H and O–H groups in total. The van der Waals surface area contributed by atoms with Crippen molar-refractivity contribution in [3.05, 3.63) is 40.3 Å². The fourth-order valence-corrected chi connectivity index (χ4v) is 4.80. The maximum Gasteiger partial charge on any atom is 0.345 e. The molecule has 2 fully saturated rings. The third-order valence-electron chi connectivity index (χ3n) is 6.82. The van der Waals surface area contributed by atoms with Gasteiger partial charge in [-0.15, -0.1) is 0 Å². The Morgan fingerprint density at radius 1 is 1.16 bits per heavy atom. The smallest absolute Gasteiger partial charge is 0.345 e. The van der Waals surface area contributed by atoms with E-state index in [0.717, 1.165) is 38.6 Å². The highest BCUT2D eigenvalue weighted by Crippen LogP contribution is 2.30. The molecule has 0 aromatic carbocycles. The van der Waals surface area contributed by atoms with E-state index in [-0.39, 0.29) is 12.4 Å². The van der Waals surface area contributed by atoms with Gasteiger partial charge in [-0.1, -0.05) is 0 Å². The number of rotatable bonds is 6. The largest absolute Gasteiger partial charge is 0.463 e. The van der Waals surface area contributed by atoms with E-state index in [1.807, 2.05) is 12.1 Å². The number of aliphatic imine (C=N–C) groups is 1. The number of anilines is 1. The first-order chi connectivity index (χ1) is 15.6. The van der Waals surface area contributed by atoms with E-state index in [2.05, 4.69) is 14.8 Å². The maximum atomic E-state index is 13.1. The minimum Gasteiger partial charge on any atom is -0.463 e. The predicted molar refractivity (Wildman–Crippen MR) is 120 cm³/mol. The molecular formula is C21H29N9O2. The number of furan rings is 1. The van der Waals surface area contributed by atoms with E-state index in [1.165, 1.54) is 24.4 Å². The molecule has 11 nitrogen and oxygen atoms in total. The van der Waals surface area contributed by atoms with Crippen LogP contribution in [0.25, 0.3) is 5.78 Å². The third kappa shape index (κ3) is 3.28. The lowest BCUT2D eigenvalue weighted by Crippen LogP contribution is -2.48. The molecular weight excluding hydrogens is 410 g/mol. The van der Waals surface area contributed by atoms with E-state index in [9.17, 15) is 4.79 Å². The highest BCUT2D eigenvalue weighted by Gasteiger charge is 2.31. The van der Waals surface area contributed by atoms with Crippen molar-refractivity contribution in [2.24, 2.45) is 23.8 Å². The van der Waals surface area contributed by atoms with Crippen LogP contribution in [0.15, 0.2) is 32.6 Å². The van der Waals surface area contributed by atoms with Crippen LogP contribution in [0.4, 0.5) is 5.82 Å². The Morgan fingerprint density at radius 2 is 1.94 bits per heavy atom. The molecule has 11 heteroatoms. The van der Waals surface area contributed by atoms with Gasteiger partial charge in [-0.2, -0.15) is 4.98 Å². The summed E-state index contributed by atoms with van der Waals surface area (Å²) in [6, 6.07) is 3.67. The first-order valence-electron chi connectivity index (χ1n) is 11.3. The van der Waals surface area contributed by atoms with Crippen LogP contribution in [0.2, 0.25) is 0 Å². The number of hydrogen-bond donors (Lipinski definition) is 1. The maximum absolute atomic E-state index is 13.1. The van der Waals surface area contributed by atoms with Crippen molar-refractivity contribution in [1.29, 1.82) is 0 Å². The second-order valence-corrected chi connectivity index (χ2v) is 9.03. The van der Waals surface area contributed by atoms with Gasteiger partial charge < -0.3 is 9.32 Å². The highest BCUT2D eigenvalue weighted by atomic mass is 16.3. The monoisotopic (exact) mass is 439 g/mol. The van der Waals surface area contributed by atoms with E-state index < -0.39 is 0 Å². The molecule has 0 unspecified atom stereocenters. The van der Waals surface area contributed by atoms with Crippen LogP contribution < -0.4 is 16.5 Å². The number of aryl methyl sites for hydroxylation is 1. The number of nitrogens with two attached hydrogens (primary N) is 1. The number of aromatic nitrogens is 4. The fraction of sp³-hybridized carbons (Fsp3) is 0.571. The lowest BCUT2D eigenvalue weighted by Gasteiger charge is -2.34. The average Bonchev–Trinajstić information content (AvgIpc) is 3.21. The zero-order valence-electron chi connectivity index (χ0n) is 18.4. The normalized spacial score (nSPS) is 20.2. The number of hydrogen-bond acceptors (Lipinski definition) is 8. The van der Waals surface area contributed by atoms with Crippen molar-refractivity contribution in [1.82, 2.24) is 28.5 Å². The molecule has 3 aliphatic rings. The van der Waals surface area contributed by atoms with Crippen molar-refractivity contribution in [3.63, 3.8) is 0 Å². The van der Waals surface area contributed by atoms with E-state index >= 15 is 0 Å². The van der Waals surface area contributed by atoms with Crippen LogP contribution in [0.1, 0.15) is 24.3 Å². The van der Waals surface area contributed by atoms with E-state index in [4.69, 9.17) is 15.2 Å². The number of hydrazine groups is 1. The standard InChI is InChI=1S/C21H29N9O2/c1-25-21(31)28(11-10-26-6-8-27(9-7-26)13-15-4-5-15)20-24-19-18(30(20)25)17(23-14-29(19)22)16-3-2-12-32-16/h2-3,12,15H,4-11,13-14,22H2,1H3. The Hall–Kier alpha value is -2.89. The van der Waals surface area contributed by atoms with Gasteiger partial charge in [0.25, 0.3) is 0 Å². The van der Waals surface area contributed by atoms with Crippen LogP contribution in [0.5, 0.6) is 0 Å². The molecule has 1 saturated carbocycles. The van der Waals surface area contributed by atoms with Gasteiger partial charge in [0.1, 0.15) is 18.1 Å². The lowest BCUT2D eigenvalue weighted by atomic mass is 10.2. The Morgan fingerprint density at radius 3 is 2.66 bits per heavy atom. The summed E-state index contributed by atoms with van der Waals surface area (Å²) in [4.78, 5) is 27.4. The van der Waals surface area contributed by atoms with Crippen LogP contribution in [0, 0.1) is 5.92 Å². The molecule has 6 rings (SSSR count). The van der Waals surface area contributed by atoms with Crippen molar-refractivity contribution >= 4 is 17.3 Å². The summed E-state index contributed by atoms with van der Waals surface area (Å²) in [5, 5.41) is 1.50. The molecule has 0 amide bonds. The van der Waals surface area contributed by atoms with Crippen LogP contribution in [-0.2, 0) is 13.6 Å². The van der Waals surface area contributed by atoms with Crippen molar-refractivity contribution in [3.8, 4) is 0 Å². The number of nitrogens with zero attached hydrogens (tertiary/aromatic N) is 8. The number of imidazole rings is 1. The first-order valence-corrected chi connectivity index (χ1v) is 11.3. The summed E-state index contributed by atoms with van der Waals surface area (Å²) in [5.41, 5.74) is 1.23. The van der Waals surface area contributed by atoms with Gasteiger partial charge in [0, 0.05) is 52.9 Å². The molecule has 32 heavy (non-hydrogen) atoms. The molecule has 3 aromatic rings. The quantitative estimate of drug-likeness (QED) is 0.537. The van der Waals surface area contributed by atoms with Crippen molar-refractivity contribution in [2.75, 3.05) is 50.9 Å². The van der Waals surface area contributed by atoms with Crippen molar-refractivity contribution < 1.29 is 4.42 Å². The molecule has 3 aromatic heterocycles. The van der Waals surface area contributed by atoms with E-state index in [1.54, 1.807) is 27.1 Å². The molecule has 0 bridgehead atoms. The van der Waals surface area contributed by atoms with Crippen LogP contribution >= 0.6 is 0 Å². The van der Waals surface area contributed by atoms with E-state index in [0.29, 0.717) is 35.3 Å². The van der Waals surface area contributed by atoms with Crippen LogP contribution in [0.3, 0.4) is 0 Å². The topological polar surface area (TPSA) is 105 Å². The van der Waals surface area contributed by atoms with Gasteiger partial charge in [0.15, 0.2) is 11.6 Å². The van der Waals surface area contributed by atoms with Gasteiger partial charge in [0.05, 0.1) is 6.26 Å². The SMILES string of the molecule is Cn1c(=O)n(CCN2CCN(CC3CC3)CC2)c2nc3c(n21)C(c1ccco1)=NCN3N. The summed E-state index contributed by atoms with van der Waals surface area (Å²) in [7, 11) is 1.75. The first kappa shape index (κ1) is 19.8. The Kier molecular flexibility index (Phi) is 4.70. The van der Waals surface area contributed by atoms with Gasteiger partial charge in [-0.05, 0) is 30.9 Å². The highest BCUT2D eigenvalue weighted by molar-refractivity contribution is 6.14. The minimum absolute atomic E-state index is 0.101. The summed E-state index contributed by atoms with van der Waals surface area (Å²) < 4.78 is 10.7.